The summed E-state index contributed by atoms with van der Waals surface area (Å²) >= 11 is 0. The van der Waals surface area contributed by atoms with Gasteiger partial charge in [0.1, 0.15) is 0 Å². The molecule has 0 aliphatic rings. The van der Waals surface area contributed by atoms with Crippen LogP contribution in [0.25, 0.3) is 0 Å². The van der Waals surface area contributed by atoms with Crippen LogP contribution in [-0.4, -0.2) is 20.4 Å². The van der Waals surface area contributed by atoms with Gasteiger partial charge in [-0.2, -0.15) is 4.72 Å². The van der Waals surface area contributed by atoms with E-state index in [0.29, 0.717) is 5.69 Å². The Morgan fingerprint density at radius 1 is 1.04 bits per heavy atom. The Balaban J connectivity index is 2.09. The zero-order chi connectivity index (χ0) is 16.9. The molecule has 0 spiro atoms. The summed E-state index contributed by atoms with van der Waals surface area (Å²) in [6.45, 7) is 3.51. The van der Waals surface area contributed by atoms with Gasteiger partial charge in [-0.05, 0) is 37.1 Å². The molecule has 0 aliphatic heterocycles. The van der Waals surface area contributed by atoms with Crippen LogP contribution in [-0.2, 0) is 21.2 Å². The Labute approximate surface area is 136 Å². The highest BCUT2D eigenvalue weighted by molar-refractivity contribution is 7.89. The quantitative estimate of drug-likeness (QED) is 0.853. The first-order chi connectivity index (χ1) is 10.9. The monoisotopic (exact) mass is 332 g/mol. The van der Waals surface area contributed by atoms with E-state index >= 15 is 0 Å². The number of hydrogen-bond acceptors (Lipinski definition) is 3. The van der Waals surface area contributed by atoms with E-state index in [9.17, 15) is 13.2 Å². The molecule has 0 heterocycles. The third-order valence-corrected chi connectivity index (χ3v) is 4.99. The summed E-state index contributed by atoms with van der Waals surface area (Å²) in [7, 11) is -3.72. The van der Waals surface area contributed by atoms with E-state index in [1.54, 1.807) is 24.3 Å². The number of anilines is 1. The molecule has 2 rings (SSSR count). The van der Waals surface area contributed by atoms with Crippen LogP contribution in [0.15, 0.2) is 59.5 Å². The third kappa shape index (κ3) is 4.40. The van der Waals surface area contributed by atoms with Crippen molar-refractivity contribution in [3.05, 3.63) is 60.2 Å². The highest BCUT2D eigenvalue weighted by Crippen LogP contribution is 2.16. The summed E-state index contributed by atoms with van der Waals surface area (Å²) in [4.78, 5) is 12.4. The second-order valence-electron chi connectivity index (χ2n) is 5.16. The van der Waals surface area contributed by atoms with Gasteiger partial charge in [-0.15, -0.1) is 0 Å². The van der Waals surface area contributed by atoms with Crippen molar-refractivity contribution in [2.75, 3.05) is 5.32 Å². The molecule has 0 aliphatic carbocycles. The number of amides is 1. The van der Waals surface area contributed by atoms with Crippen LogP contribution in [0.3, 0.4) is 0 Å². The lowest BCUT2D eigenvalue weighted by atomic mass is 10.1. The van der Waals surface area contributed by atoms with Crippen LogP contribution in [0.4, 0.5) is 5.69 Å². The van der Waals surface area contributed by atoms with Gasteiger partial charge in [0.2, 0.25) is 15.9 Å². The number of benzene rings is 2. The zero-order valence-corrected chi connectivity index (χ0v) is 13.9. The Morgan fingerprint density at radius 2 is 1.65 bits per heavy atom. The van der Waals surface area contributed by atoms with E-state index < -0.39 is 22.0 Å². The van der Waals surface area contributed by atoms with Gasteiger partial charge in [0.05, 0.1) is 10.9 Å². The molecule has 2 aromatic rings. The number of rotatable bonds is 6. The lowest BCUT2D eigenvalue weighted by Crippen LogP contribution is -2.41. The summed E-state index contributed by atoms with van der Waals surface area (Å²) in [5, 5.41) is 2.77. The largest absolute Gasteiger partial charge is 0.324 e. The molecule has 0 saturated heterocycles. The highest BCUT2D eigenvalue weighted by Gasteiger charge is 2.22. The maximum Gasteiger partial charge on any atom is 0.242 e. The average Bonchev–Trinajstić information content (AvgIpc) is 2.55. The SMILES string of the molecule is CCc1ccccc1NC(=O)[C@@H](C)NS(=O)(=O)c1ccccc1. The molecule has 2 aromatic carbocycles. The number of aryl methyl sites for hydroxylation is 1. The van der Waals surface area contributed by atoms with Crippen molar-refractivity contribution in [2.24, 2.45) is 0 Å². The molecule has 1 atom stereocenters. The molecule has 122 valence electrons. The molecular formula is C17H20N2O3S. The van der Waals surface area contributed by atoms with Gasteiger partial charge in [0.25, 0.3) is 0 Å². The second-order valence-corrected chi connectivity index (χ2v) is 6.87. The third-order valence-electron chi connectivity index (χ3n) is 3.43. The molecule has 0 aromatic heterocycles. The minimum absolute atomic E-state index is 0.133. The second kappa shape index (κ2) is 7.39. The summed E-state index contributed by atoms with van der Waals surface area (Å²) in [6, 6.07) is 14.5. The van der Waals surface area contributed by atoms with Gasteiger partial charge < -0.3 is 5.32 Å². The van der Waals surface area contributed by atoms with Crippen molar-refractivity contribution < 1.29 is 13.2 Å². The fourth-order valence-electron chi connectivity index (χ4n) is 2.15. The van der Waals surface area contributed by atoms with E-state index in [1.807, 2.05) is 25.1 Å². The van der Waals surface area contributed by atoms with Crippen molar-refractivity contribution in [3.63, 3.8) is 0 Å². The van der Waals surface area contributed by atoms with Crippen LogP contribution >= 0.6 is 0 Å². The van der Waals surface area contributed by atoms with Crippen molar-refractivity contribution in [1.82, 2.24) is 4.72 Å². The maximum atomic E-state index is 12.3. The lowest BCUT2D eigenvalue weighted by Gasteiger charge is -2.16. The molecule has 0 radical (unpaired) electrons. The van der Waals surface area contributed by atoms with Crippen molar-refractivity contribution in [3.8, 4) is 0 Å². The maximum absolute atomic E-state index is 12.3. The first-order valence-corrected chi connectivity index (χ1v) is 8.88. The summed E-state index contributed by atoms with van der Waals surface area (Å²) in [6.07, 6.45) is 0.778. The highest BCUT2D eigenvalue weighted by atomic mass is 32.2. The zero-order valence-electron chi connectivity index (χ0n) is 13.1. The Kier molecular flexibility index (Phi) is 5.52. The Hall–Kier alpha value is -2.18. The predicted octanol–water partition coefficient (Wildman–Crippen LogP) is 2.55. The van der Waals surface area contributed by atoms with Gasteiger partial charge in [0, 0.05) is 5.69 Å². The van der Waals surface area contributed by atoms with Gasteiger partial charge in [0.15, 0.2) is 0 Å². The fourth-order valence-corrected chi connectivity index (χ4v) is 3.37. The molecular weight excluding hydrogens is 312 g/mol. The summed E-state index contributed by atoms with van der Waals surface area (Å²) in [5.41, 5.74) is 1.70. The molecule has 1 amide bonds. The molecule has 5 nitrogen and oxygen atoms in total. The number of sulfonamides is 1. The van der Waals surface area contributed by atoms with E-state index in [2.05, 4.69) is 10.0 Å². The van der Waals surface area contributed by atoms with Gasteiger partial charge in [-0.1, -0.05) is 43.3 Å². The number of hydrogen-bond donors (Lipinski definition) is 2. The number of nitrogens with one attached hydrogen (secondary N) is 2. The number of carbonyl (C=O) groups is 1. The van der Waals surface area contributed by atoms with E-state index in [-0.39, 0.29) is 4.90 Å². The Morgan fingerprint density at radius 3 is 2.30 bits per heavy atom. The average molecular weight is 332 g/mol. The minimum Gasteiger partial charge on any atom is -0.324 e. The van der Waals surface area contributed by atoms with Gasteiger partial charge in [-0.25, -0.2) is 8.42 Å². The van der Waals surface area contributed by atoms with E-state index in [4.69, 9.17) is 0 Å². The lowest BCUT2D eigenvalue weighted by molar-refractivity contribution is -0.117. The molecule has 0 unspecified atom stereocenters. The number of carbonyl (C=O) groups excluding carboxylic acids is 1. The van der Waals surface area contributed by atoms with Crippen molar-refractivity contribution >= 4 is 21.6 Å². The molecule has 23 heavy (non-hydrogen) atoms. The summed E-state index contributed by atoms with van der Waals surface area (Å²) in [5.74, 6) is -0.398. The molecule has 0 bridgehead atoms. The van der Waals surface area contributed by atoms with Crippen molar-refractivity contribution in [2.45, 2.75) is 31.2 Å². The number of para-hydroxylation sites is 1. The van der Waals surface area contributed by atoms with E-state index in [0.717, 1.165) is 12.0 Å². The van der Waals surface area contributed by atoms with Crippen LogP contribution in [0.5, 0.6) is 0 Å². The van der Waals surface area contributed by atoms with Crippen LogP contribution < -0.4 is 10.0 Å². The first kappa shape index (κ1) is 17.2. The van der Waals surface area contributed by atoms with Crippen molar-refractivity contribution in [1.29, 1.82) is 0 Å². The van der Waals surface area contributed by atoms with Gasteiger partial charge in [-0.3, -0.25) is 4.79 Å². The molecule has 2 N–H and O–H groups in total. The predicted molar refractivity (Wildman–Crippen MR) is 90.7 cm³/mol. The smallest absolute Gasteiger partial charge is 0.242 e. The first-order valence-electron chi connectivity index (χ1n) is 7.40. The topological polar surface area (TPSA) is 75.3 Å². The van der Waals surface area contributed by atoms with Crippen LogP contribution in [0.2, 0.25) is 0 Å². The molecule has 0 fully saturated rings. The van der Waals surface area contributed by atoms with Crippen LogP contribution in [0, 0.1) is 0 Å². The van der Waals surface area contributed by atoms with E-state index in [1.165, 1.54) is 19.1 Å². The minimum atomic E-state index is -3.72. The standard InChI is InChI=1S/C17H20N2O3S/c1-3-14-9-7-8-12-16(14)18-17(20)13(2)19-23(21,22)15-10-5-4-6-11-15/h4-13,19H,3H2,1-2H3,(H,18,20)/t13-/m1/s1. The molecule has 6 heteroatoms. The van der Waals surface area contributed by atoms with Crippen LogP contribution in [0.1, 0.15) is 19.4 Å². The molecule has 0 saturated carbocycles. The Bertz CT molecular complexity index is 773. The summed E-state index contributed by atoms with van der Waals surface area (Å²) < 4.78 is 26.9. The van der Waals surface area contributed by atoms with Gasteiger partial charge >= 0.3 is 0 Å². The normalized spacial score (nSPS) is 12.6. The fraction of sp³-hybridized carbons (Fsp3) is 0.235.